The molecule has 1 saturated heterocycles. The summed E-state index contributed by atoms with van der Waals surface area (Å²) in [5.41, 5.74) is 4.30. The number of hydrogen-bond donors (Lipinski definition) is 1. The minimum atomic E-state index is -0.0723. The largest absolute Gasteiger partial charge is 0.497 e. The van der Waals surface area contributed by atoms with Crippen LogP contribution in [-0.2, 0) is 7.05 Å². The lowest BCUT2D eigenvalue weighted by Crippen LogP contribution is -2.30. The number of nitrogens with zero attached hydrogens (tertiary/aromatic N) is 3. The topological polar surface area (TPSA) is 51.6 Å². The van der Waals surface area contributed by atoms with Crippen molar-refractivity contribution in [2.24, 2.45) is 7.05 Å². The molecule has 0 unspecified atom stereocenters. The second-order valence-electron chi connectivity index (χ2n) is 8.23. The Bertz CT molecular complexity index is 1290. The van der Waals surface area contributed by atoms with Gasteiger partial charge in [0.05, 0.1) is 18.8 Å². The highest BCUT2D eigenvalue weighted by Crippen LogP contribution is 2.42. The van der Waals surface area contributed by atoms with Crippen molar-refractivity contribution in [3.05, 3.63) is 102 Å². The van der Waals surface area contributed by atoms with Gasteiger partial charge in [-0.05, 0) is 91.9 Å². The lowest BCUT2D eigenvalue weighted by atomic mass is 10.0. The maximum absolute atomic E-state index is 6.01. The summed E-state index contributed by atoms with van der Waals surface area (Å²) in [5, 5.41) is 4.18. The quantitative estimate of drug-likeness (QED) is 0.365. The summed E-state index contributed by atoms with van der Waals surface area (Å²) in [6.45, 7) is 2.11. The van der Waals surface area contributed by atoms with Gasteiger partial charge in [-0.3, -0.25) is 4.98 Å². The molecule has 6 nitrogen and oxygen atoms in total. The third-order valence-corrected chi connectivity index (χ3v) is 6.54. The Labute approximate surface area is 204 Å². The number of ether oxygens (including phenoxy) is 2. The molecule has 4 aromatic rings. The zero-order valence-electron chi connectivity index (χ0n) is 19.3. The molecule has 0 aliphatic carbocycles. The van der Waals surface area contributed by atoms with Crippen LogP contribution < -0.4 is 19.7 Å². The highest BCUT2D eigenvalue weighted by Gasteiger charge is 2.41. The van der Waals surface area contributed by atoms with E-state index in [0.717, 1.165) is 28.6 Å². The molecule has 1 fully saturated rings. The van der Waals surface area contributed by atoms with Gasteiger partial charge in [0, 0.05) is 30.3 Å². The van der Waals surface area contributed by atoms with E-state index in [9.17, 15) is 0 Å². The summed E-state index contributed by atoms with van der Waals surface area (Å²) < 4.78 is 13.4. The van der Waals surface area contributed by atoms with Gasteiger partial charge in [-0.1, -0.05) is 6.07 Å². The van der Waals surface area contributed by atoms with E-state index in [2.05, 4.69) is 45.9 Å². The number of pyridine rings is 1. The zero-order valence-corrected chi connectivity index (χ0v) is 20.1. The van der Waals surface area contributed by atoms with Crippen LogP contribution in [0.1, 0.15) is 29.2 Å². The number of aryl methyl sites for hydroxylation is 1. The van der Waals surface area contributed by atoms with Gasteiger partial charge in [0.2, 0.25) is 0 Å². The summed E-state index contributed by atoms with van der Waals surface area (Å²) in [6.07, 6.45) is 1.82. The molecule has 1 aliphatic heterocycles. The summed E-state index contributed by atoms with van der Waals surface area (Å²) in [6, 6.07) is 25.7. The molecule has 34 heavy (non-hydrogen) atoms. The lowest BCUT2D eigenvalue weighted by Gasteiger charge is -2.28. The van der Waals surface area contributed by atoms with Gasteiger partial charge in [0.1, 0.15) is 23.3 Å². The molecule has 0 radical (unpaired) electrons. The fraction of sp³-hybridized carbons (Fsp3) is 0.185. The summed E-state index contributed by atoms with van der Waals surface area (Å²) in [4.78, 5) is 6.79. The Morgan fingerprint density at radius 3 is 2.15 bits per heavy atom. The van der Waals surface area contributed by atoms with Crippen LogP contribution in [-0.4, -0.2) is 21.8 Å². The molecule has 5 rings (SSSR count). The first-order valence-corrected chi connectivity index (χ1v) is 11.5. The van der Waals surface area contributed by atoms with Gasteiger partial charge in [0.15, 0.2) is 5.11 Å². The normalized spacial score (nSPS) is 17.5. The average molecular weight is 471 g/mol. The van der Waals surface area contributed by atoms with E-state index < -0.39 is 0 Å². The Balaban J connectivity index is 1.47. The first-order valence-electron chi connectivity index (χ1n) is 11.1. The molecule has 2 aromatic heterocycles. The molecule has 2 aromatic carbocycles. The number of rotatable bonds is 6. The van der Waals surface area contributed by atoms with Crippen LogP contribution in [0.3, 0.4) is 0 Å². The van der Waals surface area contributed by atoms with Gasteiger partial charge in [0.25, 0.3) is 0 Å². The molecule has 0 bridgehead atoms. The van der Waals surface area contributed by atoms with Crippen molar-refractivity contribution in [2.75, 3.05) is 12.0 Å². The van der Waals surface area contributed by atoms with Crippen molar-refractivity contribution in [1.82, 2.24) is 14.9 Å². The highest BCUT2D eigenvalue weighted by molar-refractivity contribution is 7.80. The Kier molecular flexibility index (Phi) is 5.94. The van der Waals surface area contributed by atoms with Gasteiger partial charge in [-0.15, -0.1) is 0 Å². The van der Waals surface area contributed by atoms with Gasteiger partial charge in [-0.25, -0.2) is 0 Å². The third kappa shape index (κ3) is 4.10. The highest BCUT2D eigenvalue weighted by atomic mass is 32.1. The lowest BCUT2D eigenvalue weighted by molar-refractivity contribution is 0.413. The maximum Gasteiger partial charge on any atom is 0.174 e. The second kappa shape index (κ2) is 9.19. The van der Waals surface area contributed by atoms with Gasteiger partial charge in [-0.2, -0.15) is 0 Å². The van der Waals surface area contributed by atoms with Crippen LogP contribution >= 0.6 is 12.2 Å². The van der Waals surface area contributed by atoms with Crippen LogP contribution in [0.25, 0.3) is 0 Å². The third-order valence-electron chi connectivity index (χ3n) is 6.22. The maximum atomic E-state index is 6.01. The van der Waals surface area contributed by atoms with Crippen molar-refractivity contribution >= 4 is 23.0 Å². The minimum absolute atomic E-state index is 0.0468. The summed E-state index contributed by atoms with van der Waals surface area (Å²) in [5.74, 6) is 2.29. The van der Waals surface area contributed by atoms with Crippen molar-refractivity contribution in [3.8, 4) is 17.2 Å². The minimum Gasteiger partial charge on any atom is -0.497 e. The molecular formula is C27H26N4O2S. The molecule has 7 heteroatoms. The van der Waals surface area contributed by atoms with Crippen LogP contribution in [0.2, 0.25) is 0 Å². The zero-order chi connectivity index (χ0) is 23.7. The predicted octanol–water partition coefficient (Wildman–Crippen LogP) is 5.71. The first-order chi connectivity index (χ1) is 16.5. The number of anilines is 1. The van der Waals surface area contributed by atoms with Crippen molar-refractivity contribution in [1.29, 1.82) is 0 Å². The van der Waals surface area contributed by atoms with Crippen LogP contribution in [0, 0.1) is 6.92 Å². The fourth-order valence-electron chi connectivity index (χ4n) is 4.32. The number of methoxy groups -OCH3 is 1. The molecule has 2 atom stereocenters. The van der Waals surface area contributed by atoms with E-state index in [4.69, 9.17) is 21.7 Å². The van der Waals surface area contributed by atoms with Crippen molar-refractivity contribution in [2.45, 2.75) is 19.0 Å². The molecule has 172 valence electrons. The van der Waals surface area contributed by atoms with Crippen LogP contribution in [0.4, 0.5) is 5.69 Å². The number of aromatic nitrogens is 2. The fourth-order valence-corrected chi connectivity index (χ4v) is 4.66. The van der Waals surface area contributed by atoms with Crippen molar-refractivity contribution < 1.29 is 9.47 Å². The van der Waals surface area contributed by atoms with Gasteiger partial charge < -0.3 is 24.3 Å². The summed E-state index contributed by atoms with van der Waals surface area (Å²) in [7, 11) is 3.74. The van der Waals surface area contributed by atoms with Crippen LogP contribution in [0.5, 0.6) is 17.2 Å². The molecule has 0 amide bonds. The smallest absolute Gasteiger partial charge is 0.174 e. The number of nitrogens with one attached hydrogen (secondary N) is 1. The van der Waals surface area contributed by atoms with Crippen molar-refractivity contribution in [3.63, 3.8) is 0 Å². The predicted molar refractivity (Wildman–Crippen MR) is 138 cm³/mol. The molecule has 0 saturated carbocycles. The Morgan fingerprint density at radius 1 is 0.882 bits per heavy atom. The SMILES string of the molecule is COc1ccc(Oc2ccc(N3C(=S)N[C@@H](c4ccccn4)[C@@H]3c3ccc(C)n3C)cc2)cc1. The number of hydrogen-bond acceptors (Lipinski definition) is 4. The van der Waals surface area contributed by atoms with E-state index in [1.807, 2.05) is 72.9 Å². The monoisotopic (exact) mass is 470 g/mol. The molecule has 3 heterocycles. The van der Waals surface area contributed by atoms with E-state index in [1.54, 1.807) is 7.11 Å². The molecular weight excluding hydrogens is 444 g/mol. The molecule has 1 N–H and O–H groups in total. The van der Waals surface area contributed by atoms with E-state index in [0.29, 0.717) is 5.11 Å². The van der Waals surface area contributed by atoms with Gasteiger partial charge >= 0.3 is 0 Å². The number of thiocarbonyl (C=S) groups is 1. The molecule has 0 spiro atoms. The second-order valence-corrected chi connectivity index (χ2v) is 8.61. The Hall–Kier alpha value is -3.84. The first kappa shape index (κ1) is 22.0. The summed E-state index contributed by atoms with van der Waals surface area (Å²) >= 11 is 5.82. The van der Waals surface area contributed by atoms with E-state index in [1.165, 1.54) is 11.4 Å². The van der Waals surface area contributed by atoms with E-state index >= 15 is 0 Å². The van der Waals surface area contributed by atoms with Crippen LogP contribution in [0.15, 0.2) is 85.1 Å². The number of benzene rings is 2. The average Bonchev–Trinajstić information content (AvgIpc) is 3.39. The Morgan fingerprint density at radius 2 is 1.56 bits per heavy atom. The standard InChI is InChI=1S/C27H26N4O2S/c1-18-7-16-24(30(18)2)26-25(23-6-4-5-17-28-23)29-27(34)31(26)19-8-10-21(11-9-19)33-22-14-12-20(32-3)13-15-22/h4-17,25-26H,1-3H3,(H,29,34)/t25-,26-/m0/s1. The molecule has 1 aliphatic rings. The van der Waals surface area contributed by atoms with E-state index in [-0.39, 0.29) is 12.1 Å².